The molecule has 0 amide bonds. The van der Waals surface area contributed by atoms with E-state index in [2.05, 4.69) is 34.6 Å². The van der Waals surface area contributed by atoms with Gasteiger partial charge in [-0.25, -0.2) is 9.59 Å². The van der Waals surface area contributed by atoms with Crippen LogP contribution in [0.2, 0.25) is 17.1 Å². The smallest absolute Gasteiger partial charge is 0.340 e. The first-order chi connectivity index (χ1) is 13.5. The molecule has 2 aromatic rings. The summed E-state index contributed by atoms with van der Waals surface area (Å²) in [5, 5.41) is -0.0137. The number of carbonyl (C=O) groups is 1. The van der Waals surface area contributed by atoms with Crippen LogP contribution in [0.5, 0.6) is 5.75 Å². The van der Waals surface area contributed by atoms with Gasteiger partial charge in [-0.05, 0) is 35.3 Å². The van der Waals surface area contributed by atoms with Crippen LogP contribution in [0.4, 0.5) is 4.39 Å². The minimum absolute atomic E-state index is 0.0137. The fourth-order valence-corrected chi connectivity index (χ4v) is 7.69. The maximum Gasteiger partial charge on any atom is 0.340 e. The number of halogens is 1. The highest BCUT2D eigenvalue weighted by Crippen LogP contribution is 2.43. The van der Waals surface area contributed by atoms with E-state index in [-0.39, 0.29) is 10.6 Å². The van der Waals surface area contributed by atoms with E-state index >= 15 is 0 Å². The number of H-pyrrole nitrogens is 1. The molecule has 29 heavy (non-hydrogen) atoms. The van der Waals surface area contributed by atoms with Gasteiger partial charge in [0.25, 0.3) is 13.9 Å². The zero-order valence-electron chi connectivity index (χ0n) is 17.2. The van der Waals surface area contributed by atoms with Gasteiger partial charge in [0.15, 0.2) is 0 Å². The second kappa shape index (κ2) is 7.29. The zero-order valence-corrected chi connectivity index (χ0v) is 18.2. The molecule has 7 nitrogen and oxygen atoms in total. The highest BCUT2D eigenvalue weighted by Gasteiger charge is 2.45. The van der Waals surface area contributed by atoms with Crippen LogP contribution in [-0.2, 0) is 4.74 Å². The van der Waals surface area contributed by atoms with Crippen molar-refractivity contribution in [3.05, 3.63) is 62.2 Å². The fraction of sp³-hybridized carbons (Fsp3) is 0.450. The molecule has 0 saturated carbocycles. The average Bonchev–Trinajstić information content (AvgIpc) is 2.97. The van der Waals surface area contributed by atoms with Crippen molar-refractivity contribution in [1.29, 1.82) is 0 Å². The standard InChI is InChI=1S/C20H25FN2O5Si/c1-6-29(7-2,20(3,4)5)28-12-8-9-13-14(10-12)17(27-18(13)25)23-11-15(21)16(24)22-19(23)26/h8-11,17H,6-7H2,1-5H3,(H,22,24,26). The first-order valence-electron chi connectivity index (χ1n) is 9.58. The van der Waals surface area contributed by atoms with Crippen molar-refractivity contribution < 1.29 is 18.3 Å². The van der Waals surface area contributed by atoms with Gasteiger partial charge in [-0.3, -0.25) is 14.3 Å². The van der Waals surface area contributed by atoms with Gasteiger partial charge >= 0.3 is 11.7 Å². The van der Waals surface area contributed by atoms with Gasteiger partial charge < -0.3 is 9.16 Å². The molecule has 1 aliphatic heterocycles. The van der Waals surface area contributed by atoms with Crippen LogP contribution in [-0.4, -0.2) is 23.8 Å². The summed E-state index contributed by atoms with van der Waals surface area (Å²) in [4.78, 5) is 37.6. The normalized spacial score (nSPS) is 16.5. The third-order valence-electron chi connectivity index (χ3n) is 5.73. The lowest BCUT2D eigenvalue weighted by atomic mass is 10.1. The van der Waals surface area contributed by atoms with E-state index < -0.39 is 37.6 Å². The topological polar surface area (TPSA) is 90.4 Å². The van der Waals surface area contributed by atoms with Gasteiger partial charge in [0.1, 0.15) is 5.75 Å². The lowest BCUT2D eigenvalue weighted by molar-refractivity contribution is 0.0306. The number of aromatic nitrogens is 2. The molecule has 1 atom stereocenters. The maximum absolute atomic E-state index is 13.7. The summed E-state index contributed by atoms with van der Waals surface area (Å²) in [6.45, 7) is 10.7. The summed E-state index contributed by atoms with van der Waals surface area (Å²) < 4.78 is 26.4. The Morgan fingerprint density at radius 1 is 1.21 bits per heavy atom. The summed E-state index contributed by atoms with van der Waals surface area (Å²) in [5.41, 5.74) is -1.32. The van der Waals surface area contributed by atoms with Crippen molar-refractivity contribution in [2.45, 2.75) is 58.0 Å². The number of nitrogens with zero attached hydrogens (tertiary/aromatic N) is 1. The van der Waals surface area contributed by atoms with Crippen molar-refractivity contribution in [2.75, 3.05) is 0 Å². The Kier molecular flexibility index (Phi) is 5.29. The number of rotatable bonds is 5. The Balaban J connectivity index is 2.08. The van der Waals surface area contributed by atoms with Gasteiger partial charge in [0, 0.05) is 5.56 Å². The van der Waals surface area contributed by atoms with Crippen molar-refractivity contribution in [1.82, 2.24) is 9.55 Å². The summed E-state index contributed by atoms with van der Waals surface area (Å²) in [6, 6.07) is 6.80. The van der Waals surface area contributed by atoms with Gasteiger partial charge in [0.2, 0.25) is 12.0 Å². The quantitative estimate of drug-likeness (QED) is 0.590. The molecule has 1 aromatic carbocycles. The second-order valence-electron chi connectivity index (χ2n) is 8.20. The van der Waals surface area contributed by atoms with E-state index in [1.54, 1.807) is 18.2 Å². The molecule has 2 heterocycles. The molecule has 9 heteroatoms. The first-order valence-corrected chi connectivity index (χ1v) is 11.9. The molecule has 3 rings (SSSR count). The molecule has 0 saturated heterocycles. The lowest BCUT2D eigenvalue weighted by Gasteiger charge is -2.41. The fourth-order valence-electron chi connectivity index (χ4n) is 3.90. The Morgan fingerprint density at radius 3 is 2.45 bits per heavy atom. The zero-order chi connectivity index (χ0) is 21.6. The number of aromatic amines is 1. The van der Waals surface area contributed by atoms with E-state index in [0.29, 0.717) is 11.3 Å². The Morgan fingerprint density at radius 2 is 1.86 bits per heavy atom. The number of hydrogen-bond acceptors (Lipinski definition) is 5. The van der Waals surface area contributed by atoms with Gasteiger partial charge in [-0.1, -0.05) is 34.6 Å². The number of fused-ring (bicyclic) bond motifs is 1. The van der Waals surface area contributed by atoms with Gasteiger partial charge in [-0.15, -0.1) is 0 Å². The molecule has 1 N–H and O–H groups in total. The number of carbonyl (C=O) groups excluding carboxylic acids is 1. The Labute approximate surface area is 168 Å². The van der Waals surface area contributed by atoms with Crippen LogP contribution in [0.3, 0.4) is 0 Å². The lowest BCUT2D eigenvalue weighted by Crippen LogP contribution is -2.49. The number of cyclic esters (lactones) is 1. The minimum atomic E-state index is -2.17. The summed E-state index contributed by atoms with van der Waals surface area (Å²) in [5.74, 6) is -1.19. The van der Waals surface area contributed by atoms with Crippen LogP contribution in [0.1, 0.15) is 56.8 Å². The molecular weight excluding hydrogens is 395 g/mol. The molecule has 0 bridgehead atoms. The SMILES string of the molecule is CC[Si](CC)(Oc1ccc2c(c1)C(n1cc(F)c(=O)[nH]c1=O)OC2=O)C(C)(C)C. The Bertz CT molecular complexity index is 1070. The molecular formula is C20H25FN2O5Si. The number of nitrogens with one attached hydrogen (secondary N) is 1. The van der Waals surface area contributed by atoms with Crippen LogP contribution >= 0.6 is 0 Å². The summed E-state index contributed by atoms with van der Waals surface area (Å²) >= 11 is 0. The molecule has 0 spiro atoms. The van der Waals surface area contributed by atoms with Crippen molar-refractivity contribution in [2.24, 2.45) is 0 Å². The van der Waals surface area contributed by atoms with Crippen molar-refractivity contribution >= 4 is 14.3 Å². The molecule has 1 aromatic heterocycles. The van der Waals surface area contributed by atoms with E-state index in [1.165, 1.54) is 0 Å². The van der Waals surface area contributed by atoms with Gasteiger partial charge in [0.05, 0.1) is 11.8 Å². The molecule has 156 valence electrons. The van der Waals surface area contributed by atoms with E-state index in [4.69, 9.17) is 9.16 Å². The number of ether oxygens (including phenoxy) is 1. The van der Waals surface area contributed by atoms with E-state index in [0.717, 1.165) is 22.9 Å². The van der Waals surface area contributed by atoms with Crippen LogP contribution in [0.15, 0.2) is 34.0 Å². The maximum atomic E-state index is 13.7. The predicted molar refractivity (Wildman–Crippen MR) is 108 cm³/mol. The average molecular weight is 421 g/mol. The number of hydrogen-bond donors (Lipinski definition) is 1. The van der Waals surface area contributed by atoms with Crippen LogP contribution < -0.4 is 15.7 Å². The molecule has 1 aliphatic rings. The van der Waals surface area contributed by atoms with Crippen molar-refractivity contribution in [3.63, 3.8) is 0 Å². The third-order valence-corrected chi connectivity index (χ3v) is 11.4. The monoisotopic (exact) mass is 420 g/mol. The van der Waals surface area contributed by atoms with E-state index in [9.17, 15) is 18.8 Å². The molecule has 0 aliphatic carbocycles. The number of benzene rings is 1. The molecule has 0 radical (unpaired) electrons. The largest absolute Gasteiger partial charge is 0.543 e. The second-order valence-corrected chi connectivity index (χ2v) is 13.3. The van der Waals surface area contributed by atoms with E-state index in [1.807, 2.05) is 4.98 Å². The highest BCUT2D eigenvalue weighted by atomic mass is 28.4. The molecule has 1 unspecified atom stereocenters. The first kappa shape index (κ1) is 21.0. The van der Waals surface area contributed by atoms with Crippen molar-refractivity contribution in [3.8, 4) is 5.75 Å². The predicted octanol–water partition coefficient (Wildman–Crippen LogP) is 3.56. The minimum Gasteiger partial charge on any atom is -0.543 e. The summed E-state index contributed by atoms with van der Waals surface area (Å²) in [6.07, 6.45) is -0.428. The Hall–Kier alpha value is -2.68. The summed E-state index contributed by atoms with van der Waals surface area (Å²) in [7, 11) is -2.17. The van der Waals surface area contributed by atoms with Crippen LogP contribution in [0, 0.1) is 5.82 Å². The van der Waals surface area contributed by atoms with Crippen LogP contribution in [0.25, 0.3) is 0 Å². The highest BCUT2D eigenvalue weighted by molar-refractivity contribution is 6.77. The number of esters is 1. The molecule has 0 fully saturated rings. The third kappa shape index (κ3) is 3.54. The van der Waals surface area contributed by atoms with Gasteiger partial charge in [-0.2, -0.15) is 4.39 Å².